The first-order valence-electron chi connectivity index (χ1n) is 11.2. The van der Waals surface area contributed by atoms with E-state index in [-0.39, 0.29) is 58.1 Å². The molecule has 35 heavy (non-hydrogen) atoms. The van der Waals surface area contributed by atoms with Crippen LogP contribution in [0.15, 0.2) is 35.2 Å². The molecule has 0 spiro atoms. The number of hydrogen-bond acceptors (Lipinski definition) is 7. The minimum atomic E-state index is -3.76. The van der Waals surface area contributed by atoms with E-state index in [0.717, 1.165) is 0 Å². The first-order chi connectivity index (χ1) is 16.3. The highest BCUT2D eigenvalue weighted by molar-refractivity contribution is 7.91. The number of phenolic OH excluding ortho intramolecular Hbond substituents is 1. The van der Waals surface area contributed by atoms with E-state index in [4.69, 9.17) is 21.4 Å². The van der Waals surface area contributed by atoms with Crippen molar-refractivity contribution in [2.75, 3.05) is 12.4 Å². The summed E-state index contributed by atoms with van der Waals surface area (Å²) < 4.78 is 31.4. The molecule has 2 aromatic carbocycles. The fourth-order valence-electron chi connectivity index (χ4n) is 3.77. The van der Waals surface area contributed by atoms with Gasteiger partial charge in [0.05, 0.1) is 40.4 Å². The molecule has 0 aliphatic carbocycles. The second kappa shape index (κ2) is 11.9. The van der Waals surface area contributed by atoms with Gasteiger partial charge in [-0.3, -0.25) is 9.59 Å². The second-order valence-corrected chi connectivity index (χ2v) is 11.3. The van der Waals surface area contributed by atoms with Gasteiger partial charge in [0, 0.05) is 5.56 Å². The summed E-state index contributed by atoms with van der Waals surface area (Å²) in [6, 6.07) is 7.13. The van der Waals surface area contributed by atoms with Crippen molar-refractivity contribution in [3.05, 3.63) is 52.0 Å². The van der Waals surface area contributed by atoms with Crippen LogP contribution in [0.2, 0.25) is 5.02 Å². The number of sulfone groups is 1. The average molecular weight is 527 g/mol. The van der Waals surface area contributed by atoms with Crippen LogP contribution in [0.1, 0.15) is 74.0 Å². The van der Waals surface area contributed by atoms with Crippen molar-refractivity contribution in [3.8, 4) is 11.5 Å². The van der Waals surface area contributed by atoms with Crippen LogP contribution in [0, 0.1) is 5.92 Å². The number of carbonyl (C=O) groups is 2. The van der Waals surface area contributed by atoms with Gasteiger partial charge in [-0.25, -0.2) is 8.42 Å². The minimum absolute atomic E-state index is 0.0545. The summed E-state index contributed by atoms with van der Waals surface area (Å²) in [5.41, 5.74) is 1.01. The topological polar surface area (TPSA) is 138 Å². The minimum Gasteiger partial charge on any atom is -0.507 e. The van der Waals surface area contributed by atoms with Gasteiger partial charge < -0.3 is 20.1 Å². The zero-order valence-electron chi connectivity index (χ0n) is 20.1. The number of carbonyl (C=O) groups excluding carboxylic acids is 1. The fourth-order valence-corrected chi connectivity index (χ4v) is 5.66. The summed E-state index contributed by atoms with van der Waals surface area (Å²) >= 11 is 6.20. The van der Waals surface area contributed by atoms with E-state index in [0.29, 0.717) is 16.9 Å². The van der Waals surface area contributed by atoms with Crippen molar-refractivity contribution >= 4 is 33.2 Å². The maximum Gasteiger partial charge on any atom is 0.303 e. The van der Waals surface area contributed by atoms with Gasteiger partial charge in [0.25, 0.3) is 0 Å². The Morgan fingerprint density at radius 1 is 1.11 bits per heavy atom. The molecule has 192 valence electrons. The second-order valence-electron chi connectivity index (χ2n) is 8.82. The third-order valence-electron chi connectivity index (χ3n) is 5.62. The normalized spacial score (nSPS) is 13.5. The van der Waals surface area contributed by atoms with Crippen molar-refractivity contribution in [2.45, 2.75) is 57.5 Å². The molecule has 10 heteroatoms. The van der Waals surface area contributed by atoms with Crippen LogP contribution in [-0.4, -0.2) is 47.8 Å². The Morgan fingerprint density at radius 3 is 2.31 bits per heavy atom. The highest BCUT2D eigenvalue weighted by Crippen LogP contribution is 2.37. The molecule has 8 nitrogen and oxygen atoms in total. The summed E-state index contributed by atoms with van der Waals surface area (Å²) in [6.45, 7) is 6.69. The quantitative estimate of drug-likeness (QED) is 0.266. The maximum atomic E-state index is 12.8. The molecule has 0 aliphatic heterocycles. The standard InChI is InChI=1S/C25H31ClO8S/c1-14(2)23-20(8-7-18(16(4)27)25(23)31)34-10-5-11-35(32,33)21-9-6-17(13-19(21)26)24(30)15(3)12-22(28)29/h6-9,13-15,24,30-31H,5,10-12H2,1-4H3,(H,28,29). The maximum absolute atomic E-state index is 12.8. The zero-order chi connectivity index (χ0) is 26.5. The number of Topliss-reactive ketones (excluding diaryl/α,β-unsaturated/α-hetero) is 1. The van der Waals surface area contributed by atoms with E-state index in [1.807, 2.05) is 13.8 Å². The molecule has 0 heterocycles. The van der Waals surface area contributed by atoms with Gasteiger partial charge in [-0.1, -0.05) is 38.4 Å². The molecule has 0 radical (unpaired) electrons. The first kappa shape index (κ1) is 28.6. The van der Waals surface area contributed by atoms with Gasteiger partial charge in [0.15, 0.2) is 15.6 Å². The lowest BCUT2D eigenvalue weighted by atomic mass is 9.95. The molecule has 2 rings (SSSR count). The summed E-state index contributed by atoms with van der Waals surface area (Å²) in [4.78, 5) is 22.5. The number of aliphatic carboxylic acids is 1. The Morgan fingerprint density at radius 2 is 1.77 bits per heavy atom. The highest BCUT2D eigenvalue weighted by atomic mass is 35.5. The summed E-state index contributed by atoms with van der Waals surface area (Å²) in [6.07, 6.45) is -1.20. The number of carboxylic acids is 1. The zero-order valence-corrected chi connectivity index (χ0v) is 21.7. The number of benzene rings is 2. The van der Waals surface area contributed by atoms with E-state index in [1.165, 1.54) is 31.2 Å². The first-order valence-corrected chi connectivity index (χ1v) is 13.2. The van der Waals surface area contributed by atoms with Crippen molar-refractivity contribution in [1.82, 2.24) is 0 Å². The summed E-state index contributed by atoms with van der Waals surface area (Å²) in [7, 11) is -3.76. The monoisotopic (exact) mass is 526 g/mol. The Balaban J connectivity index is 2.09. The van der Waals surface area contributed by atoms with E-state index in [9.17, 15) is 28.2 Å². The Kier molecular flexibility index (Phi) is 9.71. The molecule has 0 saturated heterocycles. The largest absolute Gasteiger partial charge is 0.507 e. The lowest BCUT2D eigenvalue weighted by Gasteiger charge is -2.19. The number of phenols is 1. The highest BCUT2D eigenvalue weighted by Gasteiger charge is 2.24. The van der Waals surface area contributed by atoms with Crippen LogP contribution < -0.4 is 4.74 Å². The third-order valence-corrected chi connectivity index (χ3v) is 7.89. The molecule has 2 unspecified atom stereocenters. The molecule has 0 bridgehead atoms. The molecule has 0 saturated carbocycles. The molecule has 0 fully saturated rings. The van der Waals surface area contributed by atoms with Gasteiger partial charge >= 0.3 is 5.97 Å². The van der Waals surface area contributed by atoms with Crippen LogP contribution in [-0.2, 0) is 14.6 Å². The summed E-state index contributed by atoms with van der Waals surface area (Å²) in [5.74, 6) is -2.03. The third kappa shape index (κ3) is 7.19. The molecular formula is C25H31ClO8S. The lowest BCUT2D eigenvalue weighted by molar-refractivity contribution is -0.139. The van der Waals surface area contributed by atoms with E-state index in [1.54, 1.807) is 13.0 Å². The van der Waals surface area contributed by atoms with E-state index in [2.05, 4.69) is 0 Å². The number of aliphatic hydroxyl groups excluding tert-OH is 1. The lowest BCUT2D eigenvalue weighted by Crippen LogP contribution is -2.15. The Hall–Kier alpha value is -2.62. The van der Waals surface area contributed by atoms with Crippen molar-refractivity contribution in [1.29, 1.82) is 0 Å². The SMILES string of the molecule is CC(=O)c1ccc(OCCCS(=O)(=O)c2ccc(C(O)C(C)CC(=O)O)cc2Cl)c(C(C)C)c1O. The Bertz CT molecular complexity index is 1190. The van der Waals surface area contributed by atoms with E-state index < -0.39 is 27.8 Å². The van der Waals surface area contributed by atoms with Gasteiger partial charge in [0.1, 0.15) is 11.5 Å². The van der Waals surface area contributed by atoms with Crippen LogP contribution in [0.3, 0.4) is 0 Å². The number of ether oxygens (including phenoxy) is 1. The van der Waals surface area contributed by atoms with Crippen LogP contribution in [0.25, 0.3) is 0 Å². The smallest absolute Gasteiger partial charge is 0.303 e. The molecule has 0 aromatic heterocycles. The van der Waals surface area contributed by atoms with Gasteiger partial charge in [0.2, 0.25) is 0 Å². The van der Waals surface area contributed by atoms with Gasteiger partial charge in [-0.2, -0.15) is 0 Å². The average Bonchev–Trinajstić information content (AvgIpc) is 2.74. The van der Waals surface area contributed by atoms with Gasteiger partial charge in [-0.15, -0.1) is 0 Å². The van der Waals surface area contributed by atoms with Crippen LogP contribution >= 0.6 is 11.6 Å². The molecular weight excluding hydrogens is 496 g/mol. The number of aromatic hydroxyl groups is 1. The predicted octanol–water partition coefficient (Wildman–Crippen LogP) is 4.76. The molecule has 0 amide bonds. The number of hydrogen-bond donors (Lipinski definition) is 3. The van der Waals surface area contributed by atoms with Gasteiger partial charge in [-0.05, 0) is 55.0 Å². The van der Waals surface area contributed by atoms with Crippen molar-refractivity contribution in [3.63, 3.8) is 0 Å². The molecule has 2 atom stereocenters. The van der Waals surface area contributed by atoms with Crippen LogP contribution in [0.5, 0.6) is 11.5 Å². The number of rotatable bonds is 12. The Labute approximate surface area is 210 Å². The number of ketones is 1. The van der Waals surface area contributed by atoms with Crippen molar-refractivity contribution in [2.24, 2.45) is 5.92 Å². The number of carboxylic acid groups (broad SMARTS) is 1. The number of aliphatic hydroxyl groups is 1. The molecule has 2 aromatic rings. The molecule has 0 aliphatic rings. The molecule has 3 N–H and O–H groups in total. The van der Waals surface area contributed by atoms with E-state index >= 15 is 0 Å². The predicted molar refractivity (Wildman–Crippen MR) is 132 cm³/mol. The van der Waals surface area contributed by atoms with Crippen LogP contribution in [0.4, 0.5) is 0 Å². The van der Waals surface area contributed by atoms with Crippen molar-refractivity contribution < 1.29 is 38.1 Å². The summed E-state index contributed by atoms with van der Waals surface area (Å²) in [5, 5.41) is 29.6. The number of halogens is 1. The fraction of sp³-hybridized carbons (Fsp3) is 0.440.